The lowest BCUT2D eigenvalue weighted by molar-refractivity contribution is -0.162. The van der Waals surface area contributed by atoms with E-state index in [4.69, 9.17) is 14.2 Å². The number of hydrogen-bond acceptors (Lipinski definition) is 8. The number of aliphatic hydroxyl groups excluding tert-OH is 1. The van der Waals surface area contributed by atoms with E-state index in [9.17, 15) is 14.7 Å². The van der Waals surface area contributed by atoms with Crippen LogP contribution in [0.25, 0.3) is 0 Å². The number of rotatable bonds is 7. The maximum Gasteiger partial charge on any atom is 0.313 e. The number of carbonyl (C=O) groups is 4. The van der Waals surface area contributed by atoms with Crippen LogP contribution in [0.5, 0.6) is 0 Å². The van der Waals surface area contributed by atoms with Crippen LogP contribution in [0.3, 0.4) is 0 Å². The second-order valence-electron chi connectivity index (χ2n) is 14.3. The monoisotopic (exact) mass is 797 g/mol. The Morgan fingerprint density at radius 3 is 2.39 bits per heavy atom. The molecule has 4 heterocycles. The number of halogens is 1. The van der Waals surface area contributed by atoms with Crippen molar-refractivity contribution in [3.05, 3.63) is 124 Å². The molecular weight excluding hydrogens is 754 g/mol. The number of esters is 1. The van der Waals surface area contributed by atoms with Crippen LogP contribution >= 0.6 is 15.9 Å². The van der Waals surface area contributed by atoms with Crippen LogP contribution in [0, 0.1) is 25.7 Å². The molecule has 7 rings (SSSR count). The molecule has 4 aliphatic rings. The van der Waals surface area contributed by atoms with Crippen LogP contribution in [0.4, 0.5) is 5.69 Å². The summed E-state index contributed by atoms with van der Waals surface area (Å²) < 4.78 is 19.2. The van der Waals surface area contributed by atoms with Crippen molar-refractivity contribution in [3.8, 4) is 0 Å². The number of ether oxygens (including phenoxy) is 3. The smallest absolute Gasteiger partial charge is 0.313 e. The third kappa shape index (κ3) is 6.70. The number of fused-ring (bicyclic) bond motifs is 2. The quantitative estimate of drug-likeness (QED) is 0.252. The summed E-state index contributed by atoms with van der Waals surface area (Å²) in [6.45, 7) is 3.54. The maximum absolute atomic E-state index is 15.5. The Hall–Kier alpha value is -4.62. The lowest BCUT2D eigenvalue weighted by Crippen LogP contribution is -2.57. The van der Waals surface area contributed by atoms with Crippen LogP contribution in [0.1, 0.15) is 47.2 Å². The number of nitrogens with zero attached hydrogens (tertiary/aromatic N) is 2. The van der Waals surface area contributed by atoms with Gasteiger partial charge >= 0.3 is 5.97 Å². The molecule has 12 heteroatoms. The number of aliphatic hydroxyl groups is 1. The van der Waals surface area contributed by atoms with Gasteiger partial charge in [-0.2, -0.15) is 0 Å². The molecule has 8 atom stereocenters. The van der Waals surface area contributed by atoms with Gasteiger partial charge in [0.15, 0.2) is 0 Å². The van der Waals surface area contributed by atoms with E-state index in [1.54, 1.807) is 35.2 Å². The Kier molecular flexibility index (Phi) is 10.9. The normalized spacial score (nSPS) is 29.8. The first-order chi connectivity index (χ1) is 26.1. The molecule has 3 aromatic rings. The molecule has 0 aromatic heterocycles. The molecule has 11 nitrogen and oxygen atoms in total. The van der Waals surface area contributed by atoms with Gasteiger partial charge in [0.05, 0.1) is 31.2 Å². The number of anilines is 1. The van der Waals surface area contributed by atoms with Gasteiger partial charge in [-0.3, -0.25) is 19.2 Å². The van der Waals surface area contributed by atoms with Crippen molar-refractivity contribution < 1.29 is 38.5 Å². The molecule has 0 unspecified atom stereocenters. The zero-order valence-electron chi connectivity index (χ0n) is 30.4. The Morgan fingerprint density at radius 2 is 1.69 bits per heavy atom. The number of benzene rings is 3. The van der Waals surface area contributed by atoms with Gasteiger partial charge in [0.2, 0.25) is 11.8 Å². The van der Waals surface area contributed by atoms with Crippen LogP contribution in [0.2, 0.25) is 0 Å². The van der Waals surface area contributed by atoms with Crippen LogP contribution in [-0.4, -0.2) is 84.4 Å². The molecule has 3 aromatic carbocycles. The van der Waals surface area contributed by atoms with Crippen molar-refractivity contribution in [1.82, 2.24) is 10.2 Å². The van der Waals surface area contributed by atoms with Crippen LogP contribution < -0.4 is 10.2 Å². The fourth-order valence-corrected chi connectivity index (χ4v) is 9.18. The summed E-state index contributed by atoms with van der Waals surface area (Å²) in [5.74, 6) is -4.26. The molecule has 0 saturated carbocycles. The van der Waals surface area contributed by atoms with E-state index < -0.39 is 72.2 Å². The SMILES string of the molecule is COC[C@@H]1NC(=O)CC/C=C\CN(c2cc(C)ccc2C)C(=O)[C@H]2N([C@H](CO)c3ccccc3)C(=O)[C@@H]3[C@@H](C(=O)O[C@H]1c1ccccc1)[C@@H]1O[C@@]32C=C1Br. The maximum atomic E-state index is 15.5. The summed E-state index contributed by atoms with van der Waals surface area (Å²) in [6.07, 6.45) is 4.06. The molecule has 2 saturated heterocycles. The molecule has 3 amide bonds. The molecule has 2 fully saturated rings. The van der Waals surface area contributed by atoms with E-state index in [0.29, 0.717) is 27.7 Å². The average Bonchev–Trinajstić information content (AvgIpc) is 3.77. The highest BCUT2D eigenvalue weighted by Crippen LogP contribution is 2.60. The number of cyclic esters (lactones) is 1. The van der Waals surface area contributed by atoms with Crippen molar-refractivity contribution in [2.75, 3.05) is 31.8 Å². The van der Waals surface area contributed by atoms with Gasteiger partial charge in [-0.25, -0.2) is 0 Å². The highest BCUT2D eigenvalue weighted by Gasteiger charge is 2.75. The Morgan fingerprint density at radius 1 is 0.963 bits per heavy atom. The van der Waals surface area contributed by atoms with E-state index in [1.165, 1.54) is 12.0 Å². The number of amides is 3. The third-order valence-electron chi connectivity index (χ3n) is 10.9. The summed E-state index contributed by atoms with van der Waals surface area (Å²) in [5.41, 5.74) is 2.09. The first kappa shape index (κ1) is 37.7. The highest BCUT2D eigenvalue weighted by molar-refractivity contribution is 9.11. The summed E-state index contributed by atoms with van der Waals surface area (Å²) >= 11 is 3.64. The lowest BCUT2D eigenvalue weighted by atomic mass is 9.74. The van der Waals surface area contributed by atoms with Crippen molar-refractivity contribution in [1.29, 1.82) is 0 Å². The average molecular weight is 799 g/mol. The number of nitrogens with one attached hydrogen (secondary N) is 1. The predicted octanol–water partition coefficient (Wildman–Crippen LogP) is 5.01. The molecule has 4 aliphatic heterocycles. The Labute approximate surface area is 323 Å². The van der Waals surface area contributed by atoms with Gasteiger partial charge in [-0.05, 0) is 54.7 Å². The largest absolute Gasteiger partial charge is 0.455 e. The topological polar surface area (TPSA) is 135 Å². The summed E-state index contributed by atoms with van der Waals surface area (Å²) in [7, 11) is 1.51. The first-order valence-electron chi connectivity index (χ1n) is 18.2. The zero-order valence-corrected chi connectivity index (χ0v) is 32.0. The minimum absolute atomic E-state index is 0.0410. The first-order valence-corrected chi connectivity index (χ1v) is 19.0. The minimum Gasteiger partial charge on any atom is -0.455 e. The standard InChI is InChI=1S/C42H44BrN3O8/c1-25-18-19-26(2)31(21-25)45-20-12-6-11-17-33(48)44-30(24-52-3)36(28-15-9-5-10-16-28)53-41(51)34-35-39(49)46(32(23-47)27-13-7-4-8-14-27)38(40(45)50)42(35)22-29(43)37(34)54-42/h4-10,12-16,18-19,21-22,30,32,34-38,47H,11,17,20,23-24H2,1-3H3,(H,44,48)/b12-6-/t30-,32+,34+,35-,36-,37+,38+,42-/m0/s1. The van der Waals surface area contributed by atoms with E-state index in [1.807, 2.05) is 80.6 Å². The number of aryl methyl sites for hydroxylation is 2. The number of methoxy groups -OCH3 is 1. The number of allylic oxidation sites excluding steroid dienone is 1. The number of carbonyl (C=O) groups excluding carboxylic acids is 4. The van der Waals surface area contributed by atoms with E-state index in [2.05, 4.69) is 21.2 Å². The Balaban J connectivity index is 1.41. The minimum atomic E-state index is -1.58. The van der Waals surface area contributed by atoms with Gasteiger partial charge in [-0.15, -0.1) is 0 Å². The van der Waals surface area contributed by atoms with Gasteiger partial charge < -0.3 is 34.4 Å². The zero-order chi connectivity index (χ0) is 38.1. The van der Waals surface area contributed by atoms with E-state index >= 15 is 9.59 Å². The molecule has 0 radical (unpaired) electrons. The lowest BCUT2D eigenvalue weighted by Gasteiger charge is -2.39. The van der Waals surface area contributed by atoms with Gasteiger partial charge in [0.25, 0.3) is 5.91 Å². The van der Waals surface area contributed by atoms with Crippen LogP contribution in [-0.2, 0) is 33.4 Å². The van der Waals surface area contributed by atoms with Crippen molar-refractivity contribution in [3.63, 3.8) is 0 Å². The molecule has 54 heavy (non-hydrogen) atoms. The molecule has 1 spiro atoms. The molecule has 5 bridgehead atoms. The molecule has 2 N–H and O–H groups in total. The highest BCUT2D eigenvalue weighted by atomic mass is 79.9. The summed E-state index contributed by atoms with van der Waals surface area (Å²) in [4.78, 5) is 61.8. The second kappa shape index (κ2) is 15.6. The van der Waals surface area contributed by atoms with Crippen molar-refractivity contribution in [2.45, 2.75) is 62.6 Å². The second-order valence-corrected chi connectivity index (χ2v) is 15.2. The number of hydrogen-bond donors (Lipinski definition) is 2. The van der Waals surface area contributed by atoms with Gasteiger partial charge in [0, 0.05) is 30.2 Å². The van der Waals surface area contributed by atoms with Gasteiger partial charge in [-0.1, -0.05) is 101 Å². The van der Waals surface area contributed by atoms with Crippen molar-refractivity contribution in [2.24, 2.45) is 11.8 Å². The van der Waals surface area contributed by atoms with Gasteiger partial charge in [0.1, 0.15) is 29.8 Å². The summed E-state index contributed by atoms with van der Waals surface area (Å²) in [6, 6.07) is 21.0. The van der Waals surface area contributed by atoms with E-state index in [-0.39, 0.29) is 25.5 Å². The molecule has 0 aliphatic carbocycles. The summed E-state index contributed by atoms with van der Waals surface area (Å²) in [5, 5.41) is 14.0. The third-order valence-corrected chi connectivity index (χ3v) is 11.6. The molecule has 282 valence electrons. The predicted molar refractivity (Wildman–Crippen MR) is 204 cm³/mol. The molecular formula is C42H44BrN3O8. The van der Waals surface area contributed by atoms with E-state index in [0.717, 1.165) is 11.1 Å². The van der Waals surface area contributed by atoms with Crippen molar-refractivity contribution >= 4 is 45.3 Å². The number of likely N-dealkylation sites (tertiary alicyclic amines) is 1. The fourth-order valence-electron chi connectivity index (χ4n) is 8.44. The van der Waals surface area contributed by atoms with Crippen LogP contribution in [0.15, 0.2) is 102 Å². The Bertz CT molecular complexity index is 1970. The fraction of sp³-hybridized carbons (Fsp3) is 0.381.